The van der Waals surface area contributed by atoms with E-state index in [0.717, 1.165) is 69.1 Å². The van der Waals surface area contributed by atoms with Crippen molar-refractivity contribution < 1.29 is 4.39 Å². The Kier molecular flexibility index (Phi) is 7.63. The molecule has 2 aromatic heterocycles. The molecule has 3 aromatic rings. The van der Waals surface area contributed by atoms with Gasteiger partial charge in [0.05, 0.1) is 16.9 Å². The quantitative estimate of drug-likeness (QED) is 0.409. The second kappa shape index (κ2) is 10.9. The Labute approximate surface area is 217 Å². The van der Waals surface area contributed by atoms with E-state index in [4.69, 9.17) is 28.2 Å². The number of likely N-dealkylation sites (tertiary alicyclic amines) is 1. The van der Waals surface area contributed by atoms with Crippen LogP contribution in [0.5, 0.6) is 0 Å². The second-order valence-corrected chi connectivity index (χ2v) is 10.4. The number of aromatic nitrogens is 2. The number of nitrogens with zero attached hydrogens (tertiary/aromatic N) is 5. The minimum atomic E-state index is -0.213. The Morgan fingerprint density at radius 2 is 1.80 bits per heavy atom. The third kappa shape index (κ3) is 5.51. The first-order chi connectivity index (χ1) is 17.0. The lowest BCUT2D eigenvalue weighted by Crippen LogP contribution is -2.58. The lowest BCUT2D eigenvalue weighted by atomic mass is 9.97. The van der Waals surface area contributed by atoms with Crippen molar-refractivity contribution in [3.8, 4) is 5.69 Å². The van der Waals surface area contributed by atoms with Crippen LogP contribution in [-0.2, 0) is 6.54 Å². The van der Waals surface area contributed by atoms with Crippen LogP contribution >= 0.6 is 23.2 Å². The summed E-state index contributed by atoms with van der Waals surface area (Å²) in [5.41, 5.74) is 1.69. The van der Waals surface area contributed by atoms with Crippen LogP contribution in [0.4, 0.5) is 10.2 Å². The largest absolute Gasteiger partial charge is 0.353 e. The van der Waals surface area contributed by atoms with Crippen molar-refractivity contribution in [1.29, 1.82) is 0 Å². The Morgan fingerprint density at radius 1 is 1.03 bits per heavy atom. The van der Waals surface area contributed by atoms with E-state index in [-0.39, 0.29) is 5.82 Å². The predicted octanol–water partition coefficient (Wildman–Crippen LogP) is 5.88. The number of halogens is 3. The van der Waals surface area contributed by atoms with Crippen LogP contribution < -0.4 is 4.90 Å². The van der Waals surface area contributed by atoms with Crippen molar-refractivity contribution in [3.63, 3.8) is 0 Å². The van der Waals surface area contributed by atoms with Gasteiger partial charge in [-0.3, -0.25) is 9.80 Å². The molecule has 2 aliphatic heterocycles. The highest BCUT2D eigenvalue weighted by atomic mass is 35.5. The van der Waals surface area contributed by atoms with Crippen molar-refractivity contribution in [1.82, 2.24) is 19.4 Å². The van der Waals surface area contributed by atoms with Gasteiger partial charge in [0.1, 0.15) is 11.6 Å². The van der Waals surface area contributed by atoms with Gasteiger partial charge in [-0.2, -0.15) is 0 Å². The van der Waals surface area contributed by atoms with Crippen LogP contribution in [0.25, 0.3) is 5.69 Å². The molecule has 0 radical (unpaired) electrons. The van der Waals surface area contributed by atoms with Crippen molar-refractivity contribution in [3.05, 3.63) is 76.4 Å². The lowest BCUT2D eigenvalue weighted by Gasteiger charge is -2.47. The zero-order chi connectivity index (χ0) is 24.4. The molecular formula is C27H32Cl2FN5. The number of piperidine rings is 1. The fraction of sp³-hybridized carbons (Fsp3) is 0.444. The van der Waals surface area contributed by atoms with Gasteiger partial charge in [-0.05, 0) is 62.7 Å². The number of rotatable bonds is 6. The average Bonchev–Trinajstić information content (AvgIpc) is 3.41. The summed E-state index contributed by atoms with van der Waals surface area (Å²) in [6.45, 7) is 7.74. The Balaban J connectivity index is 1.19. The minimum Gasteiger partial charge on any atom is -0.353 e. The fourth-order valence-electron chi connectivity index (χ4n) is 5.51. The molecule has 0 spiro atoms. The molecule has 5 nitrogen and oxygen atoms in total. The van der Waals surface area contributed by atoms with E-state index in [1.54, 1.807) is 12.1 Å². The lowest BCUT2D eigenvalue weighted by molar-refractivity contribution is 0.0607. The van der Waals surface area contributed by atoms with Gasteiger partial charge < -0.3 is 9.47 Å². The summed E-state index contributed by atoms with van der Waals surface area (Å²) in [6, 6.07) is 12.0. The molecule has 35 heavy (non-hydrogen) atoms. The highest BCUT2D eigenvalue weighted by molar-refractivity contribution is 6.33. The highest BCUT2D eigenvalue weighted by Gasteiger charge is 2.34. The summed E-state index contributed by atoms with van der Waals surface area (Å²) < 4.78 is 16.2. The third-order valence-electron chi connectivity index (χ3n) is 7.44. The van der Waals surface area contributed by atoms with E-state index in [1.165, 1.54) is 6.07 Å². The predicted molar refractivity (Wildman–Crippen MR) is 141 cm³/mol. The average molecular weight is 516 g/mol. The second-order valence-electron chi connectivity index (χ2n) is 9.58. The number of anilines is 1. The van der Waals surface area contributed by atoms with E-state index >= 15 is 0 Å². The van der Waals surface area contributed by atoms with Crippen LogP contribution in [0.1, 0.15) is 31.7 Å². The van der Waals surface area contributed by atoms with Crippen LogP contribution in [0.3, 0.4) is 0 Å². The van der Waals surface area contributed by atoms with Crippen LogP contribution in [0.15, 0.2) is 55.0 Å². The van der Waals surface area contributed by atoms with Crippen LogP contribution in [-0.4, -0.2) is 64.2 Å². The van der Waals surface area contributed by atoms with Crippen molar-refractivity contribution >= 4 is 29.0 Å². The van der Waals surface area contributed by atoms with Crippen molar-refractivity contribution in [2.45, 2.75) is 44.8 Å². The number of pyridine rings is 1. The van der Waals surface area contributed by atoms with Gasteiger partial charge in [0, 0.05) is 61.2 Å². The minimum absolute atomic E-state index is 0.213. The van der Waals surface area contributed by atoms with Gasteiger partial charge >= 0.3 is 0 Å². The molecule has 2 fully saturated rings. The van der Waals surface area contributed by atoms with Gasteiger partial charge in [-0.1, -0.05) is 36.2 Å². The molecular weight excluding hydrogens is 484 g/mol. The fourth-order valence-corrected chi connectivity index (χ4v) is 5.95. The van der Waals surface area contributed by atoms with Crippen LogP contribution in [0.2, 0.25) is 10.0 Å². The highest BCUT2D eigenvalue weighted by Crippen LogP contribution is 2.30. The van der Waals surface area contributed by atoms with Gasteiger partial charge in [0.25, 0.3) is 0 Å². The summed E-state index contributed by atoms with van der Waals surface area (Å²) >= 11 is 12.6. The molecule has 1 unspecified atom stereocenters. The molecule has 4 heterocycles. The smallest absolute Gasteiger partial charge is 0.147 e. The number of piperazine rings is 1. The van der Waals surface area contributed by atoms with Gasteiger partial charge in [0.15, 0.2) is 0 Å². The maximum atomic E-state index is 14.2. The van der Waals surface area contributed by atoms with E-state index in [9.17, 15) is 4.39 Å². The molecule has 1 atom stereocenters. The van der Waals surface area contributed by atoms with Gasteiger partial charge in [-0.25, -0.2) is 9.37 Å². The molecule has 5 rings (SSSR count). The zero-order valence-corrected chi connectivity index (χ0v) is 21.6. The molecule has 2 aliphatic rings. The van der Waals surface area contributed by atoms with Crippen molar-refractivity contribution in [2.24, 2.45) is 0 Å². The van der Waals surface area contributed by atoms with E-state index < -0.39 is 0 Å². The molecule has 8 heteroatoms. The molecule has 0 amide bonds. The number of benzene rings is 1. The first kappa shape index (κ1) is 24.6. The topological polar surface area (TPSA) is 27.5 Å². The Morgan fingerprint density at radius 3 is 2.49 bits per heavy atom. The standard InChI is InChI=1S/C27H32Cl2FN5/c1-2-22-19-34(27-25(29)16-24(17-31-27)33-9-3-4-10-33)13-14-35(22)23-7-11-32(12-8-23)18-20-5-6-21(28)15-26(20)30/h3-6,9-10,15-17,22-23H,2,7-8,11-14,18-19H2,1H3. The third-order valence-corrected chi connectivity index (χ3v) is 7.96. The normalized spacial score (nSPS) is 20.5. The summed E-state index contributed by atoms with van der Waals surface area (Å²) in [5, 5.41) is 1.14. The van der Waals surface area contributed by atoms with Crippen LogP contribution in [0, 0.1) is 5.82 Å². The Bertz CT molecular complexity index is 1130. The monoisotopic (exact) mass is 515 g/mol. The number of hydrogen-bond acceptors (Lipinski definition) is 4. The Hall–Kier alpha value is -2.12. The summed E-state index contributed by atoms with van der Waals surface area (Å²) in [6.07, 6.45) is 9.19. The molecule has 186 valence electrons. The van der Waals surface area contributed by atoms with Gasteiger partial charge in [-0.15, -0.1) is 0 Å². The number of hydrogen-bond donors (Lipinski definition) is 0. The molecule has 1 aromatic carbocycles. The van der Waals surface area contributed by atoms with E-state index in [0.29, 0.717) is 28.7 Å². The summed E-state index contributed by atoms with van der Waals surface area (Å²) in [4.78, 5) is 12.1. The summed E-state index contributed by atoms with van der Waals surface area (Å²) in [5.74, 6) is 0.663. The first-order valence-corrected chi connectivity index (χ1v) is 13.2. The maximum Gasteiger partial charge on any atom is 0.147 e. The molecule has 2 saturated heterocycles. The molecule has 0 aliphatic carbocycles. The molecule has 0 bridgehead atoms. The maximum absolute atomic E-state index is 14.2. The zero-order valence-electron chi connectivity index (χ0n) is 20.1. The molecule has 0 saturated carbocycles. The van der Waals surface area contributed by atoms with Gasteiger partial charge in [0.2, 0.25) is 0 Å². The van der Waals surface area contributed by atoms with Crippen molar-refractivity contribution in [2.75, 3.05) is 37.6 Å². The first-order valence-electron chi connectivity index (χ1n) is 12.5. The molecule has 0 N–H and O–H groups in total. The summed E-state index contributed by atoms with van der Waals surface area (Å²) in [7, 11) is 0. The van der Waals surface area contributed by atoms with E-state index in [1.807, 2.05) is 41.4 Å². The SMILES string of the molecule is CCC1CN(c2ncc(-n3cccc3)cc2Cl)CCN1C1CCN(Cc2ccc(Cl)cc2F)CC1. The van der Waals surface area contributed by atoms with E-state index in [2.05, 4.69) is 21.6 Å².